The number of unbranched alkanes of at least 4 members (excludes halogenated alkanes) is 3. The maximum Gasteiger partial charge on any atom is 0.321 e. The molecule has 1 rings (SSSR count). The van der Waals surface area contributed by atoms with Gasteiger partial charge in [-0.05, 0) is 31.8 Å². The molecule has 0 aromatic heterocycles. The van der Waals surface area contributed by atoms with E-state index in [-0.39, 0.29) is 6.04 Å². The number of likely N-dealkylation sites (tertiary alicyclic amines) is 1. The zero-order valence-corrected chi connectivity index (χ0v) is 9.91. The van der Waals surface area contributed by atoms with E-state index < -0.39 is 5.97 Å². The van der Waals surface area contributed by atoms with Gasteiger partial charge in [0.25, 0.3) is 0 Å². The number of carboxylic acids is 1. The van der Waals surface area contributed by atoms with E-state index in [0.717, 1.165) is 25.9 Å². The van der Waals surface area contributed by atoms with Gasteiger partial charge in [-0.3, -0.25) is 9.69 Å². The summed E-state index contributed by atoms with van der Waals surface area (Å²) >= 11 is 0. The second-order valence-electron chi connectivity index (χ2n) is 4.65. The lowest BCUT2D eigenvalue weighted by atomic mass is 10.0. The Labute approximate surface area is 92.5 Å². The van der Waals surface area contributed by atoms with E-state index in [4.69, 9.17) is 5.11 Å². The van der Waals surface area contributed by atoms with Gasteiger partial charge < -0.3 is 5.11 Å². The molecule has 0 amide bonds. The van der Waals surface area contributed by atoms with Crippen molar-refractivity contribution in [2.45, 2.75) is 52.0 Å². The van der Waals surface area contributed by atoms with Crippen molar-refractivity contribution in [1.29, 1.82) is 0 Å². The van der Waals surface area contributed by atoms with Crippen molar-refractivity contribution in [3.05, 3.63) is 0 Å². The van der Waals surface area contributed by atoms with Crippen molar-refractivity contribution in [1.82, 2.24) is 4.90 Å². The first-order chi connectivity index (χ1) is 7.16. The molecule has 0 radical (unpaired) electrons. The van der Waals surface area contributed by atoms with Crippen molar-refractivity contribution in [2.24, 2.45) is 5.92 Å². The van der Waals surface area contributed by atoms with Crippen LogP contribution in [0.25, 0.3) is 0 Å². The van der Waals surface area contributed by atoms with Gasteiger partial charge in [-0.15, -0.1) is 0 Å². The van der Waals surface area contributed by atoms with Crippen LogP contribution in [0.3, 0.4) is 0 Å². The Morgan fingerprint density at radius 3 is 2.73 bits per heavy atom. The molecule has 2 atom stereocenters. The predicted molar refractivity (Wildman–Crippen MR) is 60.9 cm³/mol. The van der Waals surface area contributed by atoms with E-state index in [1.807, 2.05) is 6.92 Å². The molecule has 88 valence electrons. The largest absolute Gasteiger partial charge is 0.480 e. The van der Waals surface area contributed by atoms with Crippen LogP contribution in [-0.4, -0.2) is 35.1 Å². The summed E-state index contributed by atoms with van der Waals surface area (Å²) in [7, 11) is 0. The molecule has 1 aliphatic heterocycles. The molecule has 1 N–H and O–H groups in total. The maximum atomic E-state index is 11.1. The zero-order chi connectivity index (χ0) is 11.3. The molecule has 0 bridgehead atoms. The second kappa shape index (κ2) is 6.11. The van der Waals surface area contributed by atoms with Gasteiger partial charge >= 0.3 is 5.97 Å². The third-order valence-corrected chi connectivity index (χ3v) is 3.36. The fraction of sp³-hybridized carbons (Fsp3) is 0.917. The highest BCUT2D eigenvalue weighted by Gasteiger charge is 2.35. The van der Waals surface area contributed by atoms with Gasteiger partial charge in [0.05, 0.1) is 0 Å². The summed E-state index contributed by atoms with van der Waals surface area (Å²) < 4.78 is 0. The lowest BCUT2D eigenvalue weighted by Crippen LogP contribution is -2.39. The van der Waals surface area contributed by atoms with E-state index in [2.05, 4.69) is 11.8 Å². The zero-order valence-electron chi connectivity index (χ0n) is 9.91. The van der Waals surface area contributed by atoms with Crippen LogP contribution in [-0.2, 0) is 4.79 Å². The number of hydrogen-bond acceptors (Lipinski definition) is 2. The normalized spacial score (nSPS) is 27.1. The minimum absolute atomic E-state index is 0.230. The molecular weight excluding hydrogens is 190 g/mol. The minimum Gasteiger partial charge on any atom is -0.480 e. The Kier molecular flexibility index (Phi) is 5.09. The van der Waals surface area contributed by atoms with Gasteiger partial charge in [0.2, 0.25) is 0 Å². The van der Waals surface area contributed by atoms with Crippen LogP contribution < -0.4 is 0 Å². The molecule has 1 fully saturated rings. The summed E-state index contributed by atoms with van der Waals surface area (Å²) in [6.07, 6.45) is 5.91. The van der Waals surface area contributed by atoms with Crippen LogP contribution in [0.5, 0.6) is 0 Å². The van der Waals surface area contributed by atoms with Crippen molar-refractivity contribution in [3.8, 4) is 0 Å². The van der Waals surface area contributed by atoms with Gasteiger partial charge in [0.1, 0.15) is 6.04 Å². The predicted octanol–water partition coefficient (Wildman–Crippen LogP) is 2.36. The molecule has 1 heterocycles. The first kappa shape index (κ1) is 12.5. The fourth-order valence-corrected chi connectivity index (χ4v) is 2.42. The number of aliphatic carboxylic acids is 1. The Morgan fingerprint density at radius 1 is 1.40 bits per heavy atom. The smallest absolute Gasteiger partial charge is 0.321 e. The minimum atomic E-state index is -0.643. The van der Waals surface area contributed by atoms with E-state index in [1.165, 1.54) is 19.3 Å². The Hall–Kier alpha value is -0.570. The Bertz CT molecular complexity index is 206. The second-order valence-corrected chi connectivity index (χ2v) is 4.65. The number of carboxylic acid groups (broad SMARTS) is 1. The molecule has 0 aromatic carbocycles. The third kappa shape index (κ3) is 3.49. The Balaban J connectivity index is 2.31. The van der Waals surface area contributed by atoms with Gasteiger partial charge in [-0.1, -0.05) is 33.1 Å². The van der Waals surface area contributed by atoms with Crippen LogP contribution in [0.4, 0.5) is 0 Å². The lowest BCUT2D eigenvalue weighted by molar-refractivity contribution is -0.143. The van der Waals surface area contributed by atoms with Gasteiger partial charge in [-0.25, -0.2) is 0 Å². The van der Waals surface area contributed by atoms with Crippen LogP contribution in [0.2, 0.25) is 0 Å². The first-order valence-electron chi connectivity index (χ1n) is 6.13. The number of nitrogens with zero attached hydrogens (tertiary/aromatic N) is 1. The number of hydrogen-bond donors (Lipinski definition) is 1. The highest BCUT2D eigenvalue weighted by atomic mass is 16.4. The average Bonchev–Trinajstić information content (AvgIpc) is 2.54. The summed E-state index contributed by atoms with van der Waals surface area (Å²) in [6, 6.07) is -0.230. The van der Waals surface area contributed by atoms with E-state index in [9.17, 15) is 4.79 Å². The van der Waals surface area contributed by atoms with E-state index in [1.54, 1.807) is 0 Å². The molecular formula is C12H23NO2. The van der Waals surface area contributed by atoms with E-state index in [0.29, 0.717) is 5.92 Å². The molecule has 1 aliphatic rings. The number of carbonyl (C=O) groups is 1. The lowest BCUT2D eigenvalue weighted by Gasteiger charge is -2.22. The molecule has 3 nitrogen and oxygen atoms in total. The summed E-state index contributed by atoms with van der Waals surface area (Å²) in [5, 5.41) is 9.12. The highest BCUT2D eigenvalue weighted by molar-refractivity contribution is 5.74. The topological polar surface area (TPSA) is 40.5 Å². The summed E-state index contributed by atoms with van der Waals surface area (Å²) in [4.78, 5) is 13.2. The van der Waals surface area contributed by atoms with Crippen molar-refractivity contribution >= 4 is 5.97 Å². The monoisotopic (exact) mass is 213 g/mol. The van der Waals surface area contributed by atoms with Crippen LogP contribution in [0.15, 0.2) is 0 Å². The number of rotatable bonds is 6. The molecule has 3 heteroatoms. The van der Waals surface area contributed by atoms with Gasteiger partial charge in [0, 0.05) is 0 Å². The van der Waals surface area contributed by atoms with Crippen LogP contribution in [0.1, 0.15) is 46.0 Å². The van der Waals surface area contributed by atoms with Crippen molar-refractivity contribution in [3.63, 3.8) is 0 Å². The third-order valence-electron chi connectivity index (χ3n) is 3.36. The molecule has 2 unspecified atom stereocenters. The SMILES string of the molecule is CCCCCCN1CCC(C)C1C(=O)O. The van der Waals surface area contributed by atoms with Crippen molar-refractivity contribution in [2.75, 3.05) is 13.1 Å². The molecule has 15 heavy (non-hydrogen) atoms. The molecule has 0 aromatic rings. The molecule has 1 saturated heterocycles. The quantitative estimate of drug-likeness (QED) is 0.689. The summed E-state index contributed by atoms with van der Waals surface area (Å²) in [5.41, 5.74) is 0. The van der Waals surface area contributed by atoms with Crippen LogP contribution in [0, 0.1) is 5.92 Å². The molecule has 0 saturated carbocycles. The first-order valence-corrected chi connectivity index (χ1v) is 6.13. The summed E-state index contributed by atoms with van der Waals surface area (Å²) in [5.74, 6) is -0.329. The van der Waals surface area contributed by atoms with Gasteiger partial charge in [-0.2, -0.15) is 0 Å². The van der Waals surface area contributed by atoms with Crippen molar-refractivity contribution < 1.29 is 9.90 Å². The molecule has 0 aliphatic carbocycles. The summed E-state index contributed by atoms with van der Waals surface area (Å²) in [6.45, 7) is 6.16. The van der Waals surface area contributed by atoms with Crippen LogP contribution >= 0.6 is 0 Å². The maximum absolute atomic E-state index is 11.1. The standard InChI is InChI=1S/C12H23NO2/c1-3-4-5-6-8-13-9-7-10(2)11(13)12(14)15/h10-11H,3-9H2,1-2H3,(H,14,15). The highest BCUT2D eigenvalue weighted by Crippen LogP contribution is 2.24. The Morgan fingerprint density at radius 2 is 2.13 bits per heavy atom. The van der Waals surface area contributed by atoms with Gasteiger partial charge in [0.15, 0.2) is 0 Å². The fourth-order valence-electron chi connectivity index (χ4n) is 2.42. The van der Waals surface area contributed by atoms with E-state index >= 15 is 0 Å². The molecule has 0 spiro atoms. The average molecular weight is 213 g/mol.